The molecule has 0 saturated heterocycles. The molecule has 3 aromatic rings. The largest absolute Gasteiger partial charge is 0.322 e. The summed E-state index contributed by atoms with van der Waals surface area (Å²) in [5, 5.41) is 13.6. The van der Waals surface area contributed by atoms with Crippen LogP contribution in [-0.2, 0) is 0 Å². The van der Waals surface area contributed by atoms with Crippen molar-refractivity contribution in [3.63, 3.8) is 0 Å². The minimum absolute atomic E-state index is 0.186. The van der Waals surface area contributed by atoms with E-state index in [9.17, 15) is 4.79 Å². The lowest BCUT2D eigenvalue weighted by molar-refractivity contribution is 0.102. The summed E-state index contributed by atoms with van der Waals surface area (Å²) in [4.78, 5) is 12.1. The van der Waals surface area contributed by atoms with Gasteiger partial charge in [0.1, 0.15) is 0 Å². The Hall–Kier alpha value is -2.89. The van der Waals surface area contributed by atoms with Crippen molar-refractivity contribution >= 4 is 11.6 Å². The number of carbonyl (C=O) groups excluding carboxylic acids is 1. The van der Waals surface area contributed by atoms with E-state index in [-0.39, 0.29) is 5.91 Å². The lowest BCUT2D eigenvalue weighted by atomic mass is 10.2. The molecule has 2 heterocycles. The Kier molecular flexibility index (Phi) is 3.04. The maximum atomic E-state index is 12.1. The molecule has 0 saturated carbocycles. The summed E-state index contributed by atoms with van der Waals surface area (Å²) in [5.74, 6) is -0.186. The molecule has 0 bridgehead atoms. The third-order valence-electron chi connectivity index (χ3n) is 2.95. The highest BCUT2D eigenvalue weighted by Crippen LogP contribution is 2.15. The second-order valence-electron chi connectivity index (χ2n) is 4.36. The van der Waals surface area contributed by atoms with Gasteiger partial charge in [-0.2, -0.15) is 10.2 Å². The Morgan fingerprint density at radius 3 is 2.95 bits per heavy atom. The van der Waals surface area contributed by atoms with Crippen LogP contribution in [0.1, 0.15) is 16.1 Å². The summed E-state index contributed by atoms with van der Waals surface area (Å²) in [6, 6.07) is 9.33. The van der Waals surface area contributed by atoms with Crippen LogP contribution < -0.4 is 5.32 Å². The van der Waals surface area contributed by atoms with Crippen molar-refractivity contribution in [3.05, 3.63) is 60.2 Å². The number of hydrogen-bond donors (Lipinski definition) is 2. The molecular weight excluding hydrogens is 254 g/mol. The summed E-state index contributed by atoms with van der Waals surface area (Å²) >= 11 is 0. The second-order valence-corrected chi connectivity index (χ2v) is 4.36. The van der Waals surface area contributed by atoms with Gasteiger partial charge in [0, 0.05) is 23.8 Å². The van der Waals surface area contributed by atoms with Crippen molar-refractivity contribution in [2.24, 2.45) is 0 Å². The third kappa shape index (κ3) is 2.31. The summed E-state index contributed by atoms with van der Waals surface area (Å²) in [7, 11) is 0. The molecule has 6 heteroatoms. The van der Waals surface area contributed by atoms with Gasteiger partial charge in [-0.05, 0) is 31.2 Å². The monoisotopic (exact) mass is 267 g/mol. The topological polar surface area (TPSA) is 75.6 Å². The van der Waals surface area contributed by atoms with Crippen LogP contribution in [0.5, 0.6) is 0 Å². The van der Waals surface area contributed by atoms with Crippen LogP contribution in [-0.4, -0.2) is 25.9 Å². The molecule has 1 aromatic carbocycles. The number of amides is 1. The molecule has 1 amide bonds. The number of anilines is 1. The zero-order valence-electron chi connectivity index (χ0n) is 10.9. The van der Waals surface area contributed by atoms with Crippen molar-refractivity contribution in [2.75, 3.05) is 5.32 Å². The number of benzene rings is 1. The molecule has 0 aliphatic heterocycles. The van der Waals surface area contributed by atoms with Gasteiger partial charge < -0.3 is 5.32 Å². The fourth-order valence-corrected chi connectivity index (χ4v) is 1.93. The van der Waals surface area contributed by atoms with E-state index in [0.29, 0.717) is 11.3 Å². The lowest BCUT2D eigenvalue weighted by Crippen LogP contribution is -2.12. The van der Waals surface area contributed by atoms with E-state index in [1.54, 1.807) is 10.9 Å². The van der Waals surface area contributed by atoms with Crippen molar-refractivity contribution < 1.29 is 4.79 Å². The van der Waals surface area contributed by atoms with E-state index >= 15 is 0 Å². The smallest absolute Gasteiger partial charge is 0.259 e. The molecule has 6 nitrogen and oxygen atoms in total. The van der Waals surface area contributed by atoms with Gasteiger partial charge in [-0.3, -0.25) is 9.89 Å². The number of aromatic nitrogens is 4. The molecule has 0 aliphatic carbocycles. The number of aromatic amines is 1. The summed E-state index contributed by atoms with van der Waals surface area (Å²) in [6.07, 6.45) is 5.07. The van der Waals surface area contributed by atoms with Crippen LogP contribution in [0.4, 0.5) is 5.69 Å². The van der Waals surface area contributed by atoms with Crippen LogP contribution in [0, 0.1) is 6.92 Å². The number of H-pyrrole nitrogens is 1. The molecule has 2 aromatic heterocycles. The number of rotatable bonds is 3. The van der Waals surface area contributed by atoms with Crippen molar-refractivity contribution in [3.8, 4) is 5.69 Å². The Morgan fingerprint density at radius 1 is 1.35 bits per heavy atom. The Balaban J connectivity index is 1.83. The molecule has 0 spiro atoms. The number of aryl methyl sites for hydroxylation is 1. The number of nitrogens with zero attached hydrogens (tertiary/aromatic N) is 3. The molecule has 0 radical (unpaired) electrons. The van der Waals surface area contributed by atoms with E-state index in [2.05, 4.69) is 20.6 Å². The van der Waals surface area contributed by atoms with Gasteiger partial charge >= 0.3 is 0 Å². The predicted octanol–water partition coefficient (Wildman–Crippen LogP) is 2.16. The average Bonchev–Trinajstić information content (AvgIpc) is 3.09. The minimum Gasteiger partial charge on any atom is -0.322 e. The van der Waals surface area contributed by atoms with Gasteiger partial charge in [0.15, 0.2) is 0 Å². The van der Waals surface area contributed by atoms with Gasteiger partial charge in [0.25, 0.3) is 5.91 Å². The van der Waals surface area contributed by atoms with Crippen LogP contribution in [0.15, 0.2) is 48.9 Å². The SMILES string of the molecule is Cc1[nH]ncc1C(=O)Nc1cccc(-n2cccn2)c1. The van der Waals surface area contributed by atoms with Crippen molar-refractivity contribution in [1.82, 2.24) is 20.0 Å². The molecule has 20 heavy (non-hydrogen) atoms. The van der Waals surface area contributed by atoms with Crippen LogP contribution in [0.2, 0.25) is 0 Å². The second kappa shape index (κ2) is 5.00. The number of nitrogens with one attached hydrogen (secondary N) is 2. The standard InChI is InChI=1S/C14H13N5O/c1-10-13(9-15-18-10)14(20)17-11-4-2-5-12(8-11)19-7-3-6-16-19/h2-9H,1H3,(H,15,18)(H,17,20). The number of hydrogen-bond acceptors (Lipinski definition) is 3. The normalized spacial score (nSPS) is 10.4. The fraction of sp³-hybridized carbons (Fsp3) is 0.0714. The first-order chi connectivity index (χ1) is 9.74. The Bertz CT molecular complexity index is 730. The van der Waals surface area contributed by atoms with E-state index < -0.39 is 0 Å². The molecular formula is C14H13N5O. The molecule has 3 rings (SSSR count). The van der Waals surface area contributed by atoms with Crippen LogP contribution in [0.25, 0.3) is 5.69 Å². The first-order valence-corrected chi connectivity index (χ1v) is 6.15. The molecule has 2 N–H and O–H groups in total. The van der Waals surface area contributed by atoms with Crippen molar-refractivity contribution in [2.45, 2.75) is 6.92 Å². The quantitative estimate of drug-likeness (QED) is 0.763. The maximum Gasteiger partial charge on any atom is 0.259 e. The zero-order chi connectivity index (χ0) is 13.9. The van der Waals surface area contributed by atoms with Crippen LogP contribution >= 0.6 is 0 Å². The van der Waals surface area contributed by atoms with E-state index in [4.69, 9.17) is 0 Å². The molecule has 0 fully saturated rings. The summed E-state index contributed by atoms with van der Waals surface area (Å²) < 4.78 is 1.73. The summed E-state index contributed by atoms with van der Waals surface area (Å²) in [5.41, 5.74) is 2.88. The Labute approximate surface area is 115 Å². The van der Waals surface area contributed by atoms with Gasteiger partial charge in [-0.1, -0.05) is 6.07 Å². The van der Waals surface area contributed by atoms with E-state index in [0.717, 1.165) is 11.4 Å². The average molecular weight is 267 g/mol. The van der Waals surface area contributed by atoms with Gasteiger partial charge in [0.05, 0.1) is 17.4 Å². The predicted molar refractivity (Wildman–Crippen MR) is 74.8 cm³/mol. The minimum atomic E-state index is -0.186. The van der Waals surface area contributed by atoms with Crippen LogP contribution in [0.3, 0.4) is 0 Å². The molecule has 0 unspecified atom stereocenters. The molecule has 0 aliphatic rings. The number of carbonyl (C=O) groups is 1. The lowest BCUT2D eigenvalue weighted by Gasteiger charge is -2.07. The van der Waals surface area contributed by atoms with Crippen molar-refractivity contribution in [1.29, 1.82) is 0 Å². The Morgan fingerprint density at radius 2 is 2.25 bits per heavy atom. The van der Waals surface area contributed by atoms with Gasteiger partial charge in [-0.25, -0.2) is 4.68 Å². The van der Waals surface area contributed by atoms with E-state index in [1.165, 1.54) is 6.20 Å². The first kappa shape index (κ1) is 12.2. The highest BCUT2D eigenvalue weighted by atomic mass is 16.1. The van der Waals surface area contributed by atoms with E-state index in [1.807, 2.05) is 43.5 Å². The fourth-order valence-electron chi connectivity index (χ4n) is 1.93. The maximum absolute atomic E-state index is 12.1. The third-order valence-corrected chi connectivity index (χ3v) is 2.95. The highest BCUT2D eigenvalue weighted by Gasteiger charge is 2.11. The van der Waals surface area contributed by atoms with Gasteiger partial charge in [0.2, 0.25) is 0 Å². The molecule has 100 valence electrons. The molecule has 0 atom stereocenters. The summed E-state index contributed by atoms with van der Waals surface area (Å²) in [6.45, 7) is 1.81. The zero-order valence-corrected chi connectivity index (χ0v) is 10.9. The van der Waals surface area contributed by atoms with Gasteiger partial charge in [-0.15, -0.1) is 0 Å². The highest BCUT2D eigenvalue weighted by molar-refractivity contribution is 6.04. The first-order valence-electron chi connectivity index (χ1n) is 6.15.